The first kappa shape index (κ1) is 14.7. The fourth-order valence-electron chi connectivity index (χ4n) is 1.78. The highest BCUT2D eigenvalue weighted by Gasteiger charge is 2.28. The molecule has 0 atom stereocenters. The highest BCUT2D eigenvalue weighted by atomic mass is 79.9. The summed E-state index contributed by atoms with van der Waals surface area (Å²) in [6, 6.07) is 5.40. The number of aliphatic carboxylic acids is 1. The fourth-order valence-corrected chi connectivity index (χ4v) is 4.98. The Hall–Kier alpha value is -0.730. The molecule has 1 aromatic rings. The van der Waals surface area contributed by atoms with Crippen molar-refractivity contribution in [2.45, 2.75) is 11.3 Å². The van der Waals surface area contributed by atoms with Crippen LogP contribution >= 0.6 is 27.7 Å². The molecule has 0 aliphatic carbocycles. The minimum atomic E-state index is -3.58. The van der Waals surface area contributed by atoms with Gasteiger partial charge in [0, 0.05) is 21.7 Å². The van der Waals surface area contributed by atoms with Crippen LogP contribution in [0, 0.1) is 0 Å². The molecule has 0 saturated heterocycles. The maximum atomic E-state index is 12.2. The van der Waals surface area contributed by atoms with Crippen molar-refractivity contribution in [1.29, 1.82) is 0 Å². The number of thioether (sulfide) groups is 1. The molecule has 19 heavy (non-hydrogen) atoms. The number of nitrogens with zero attached hydrogens (tertiary/aromatic N) is 1. The molecule has 0 saturated carbocycles. The van der Waals surface area contributed by atoms with Crippen LogP contribution in [-0.2, 0) is 14.8 Å². The lowest BCUT2D eigenvalue weighted by Gasteiger charge is -2.30. The predicted octanol–water partition coefficient (Wildman–Crippen LogP) is 2.17. The Bertz CT molecular complexity index is 603. The number of anilines is 1. The molecule has 5 nitrogen and oxygen atoms in total. The summed E-state index contributed by atoms with van der Waals surface area (Å²) in [5.41, 5.74) is 0.629. The molecule has 0 aromatic heterocycles. The van der Waals surface area contributed by atoms with Crippen molar-refractivity contribution in [2.75, 3.05) is 22.4 Å². The highest BCUT2D eigenvalue weighted by molar-refractivity contribution is 9.10. The molecule has 0 fully saturated rings. The maximum Gasteiger partial charge on any atom is 0.304 e. The van der Waals surface area contributed by atoms with Crippen LogP contribution in [0.15, 0.2) is 27.6 Å². The van der Waals surface area contributed by atoms with Crippen molar-refractivity contribution in [3.63, 3.8) is 0 Å². The molecule has 0 bridgehead atoms. The summed E-state index contributed by atoms with van der Waals surface area (Å²) in [4.78, 5) is 11.4. The SMILES string of the molecule is O=C(O)CCS(=O)(=O)N1CCSc2cc(Br)ccc21. The number of halogens is 1. The number of carbonyl (C=O) groups is 1. The molecule has 0 radical (unpaired) electrons. The Morgan fingerprint density at radius 2 is 2.21 bits per heavy atom. The lowest BCUT2D eigenvalue weighted by atomic mass is 10.3. The molecular formula is C11H12BrNO4S2. The maximum absolute atomic E-state index is 12.2. The van der Waals surface area contributed by atoms with Crippen molar-refractivity contribution in [3.05, 3.63) is 22.7 Å². The lowest BCUT2D eigenvalue weighted by Crippen LogP contribution is -2.37. The molecule has 1 aromatic carbocycles. The van der Waals surface area contributed by atoms with Gasteiger partial charge in [-0.15, -0.1) is 11.8 Å². The Morgan fingerprint density at radius 3 is 2.89 bits per heavy atom. The molecule has 2 rings (SSSR count). The number of fused-ring (bicyclic) bond motifs is 1. The first-order valence-corrected chi connectivity index (χ1v) is 8.93. The quantitative estimate of drug-likeness (QED) is 0.884. The number of carboxylic acid groups (broad SMARTS) is 1. The number of sulfonamides is 1. The zero-order valence-corrected chi connectivity index (χ0v) is 13.1. The van der Waals surface area contributed by atoms with Gasteiger partial charge in [-0.05, 0) is 18.2 Å². The van der Waals surface area contributed by atoms with Gasteiger partial charge in [-0.3, -0.25) is 9.10 Å². The third-order valence-electron chi connectivity index (χ3n) is 2.65. The largest absolute Gasteiger partial charge is 0.481 e. The van der Waals surface area contributed by atoms with Crippen molar-refractivity contribution in [3.8, 4) is 0 Å². The van der Waals surface area contributed by atoms with Gasteiger partial charge >= 0.3 is 5.97 Å². The van der Waals surface area contributed by atoms with Crippen LogP contribution in [0.3, 0.4) is 0 Å². The van der Waals surface area contributed by atoms with Crippen LogP contribution in [0.25, 0.3) is 0 Å². The second-order valence-corrected chi connectivity index (χ2v) is 8.06. The standard InChI is InChI=1S/C11H12BrNO4S2/c12-8-1-2-9-10(7-8)18-5-4-13(9)19(16,17)6-3-11(14)15/h1-2,7H,3-6H2,(H,14,15). The van der Waals surface area contributed by atoms with E-state index in [0.29, 0.717) is 18.0 Å². The van der Waals surface area contributed by atoms with Gasteiger partial charge in [-0.2, -0.15) is 0 Å². The van der Waals surface area contributed by atoms with Crippen molar-refractivity contribution >= 4 is 49.4 Å². The molecule has 0 unspecified atom stereocenters. The summed E-state index contributed by atoms with van der Waals surface area (Å²) < 4.78 is 26.6. The minimum Gasteiger partial charge on any atom is -0.481 e. The summed E-state index contributed by atoms with van der Waals surface area (Å²) >= 11 is 4.95. The molecule has 1 aliphatic rings. The Balaban J connectivity index is 2.30. The van der Waals surface area contributed by atoms with E-state index in [9.17, 15) is 13.2 Å². The second kappa shape index (κ2) is 5.72. The Morgan fingerprint density at radius 1 is 1.47 bits per heavy atom. The van der Waals surface area contributed by atoms with Crippen LogP contribution in [0.5, 0.6) is 0 Å². The van der Waals surface area contributed by atoms with Gasteiger partial charge in [-0.1, -0.05) is 15.9 Å². The van der Waals surface area contributed by atoms with Crippen molar-refractivity contribution in [1.82, 2.24) is 0 Å². The molecular weight excluding hydrogens is 354 g/mol. The summed E-state index contributed by atoms with van der Waals surface area (Å²) in [7, 11) is -3.58. The van der Waals surface area contributed by atoms with Gasteiger partial charge in [0.2, 0.25) is 10.0 Å². The number of rotatable bonds is 4. The summed E-state index contributed by atoms with van der Waals surface area (Å²) in [6.07, 6.45) is -0.377. The van der Waals surface area contributed by atoms with E-state index in [1.54, 1.807) is 23.9 Å². The van der Waals surface area contributed by atoms with Crippen LogP contribution < -0.4 is 4.31 Å². The van der Waals surface area contributed by atoms with Crippen LogP contribution in [-0.4, -0.2) is 37.5 Å². The topological polar surface area (TPSA) is 74.7 Å². The van der Waals surface area contributed by atoms with Gasteiger partial charge < -0.3 is 5.11 Å². The van der Waals surface area contributed by atoms with Gasteiger partial charge in [0.15, 0.2) is 0 Å². The van der Waals surface area contributed by atoms with E-state index >= 15 is 0 Å². The van der Waals surface area contributed by atoms with E-state index in [4.69, 9.17) is 5.11 Å². The van der Waals surface area contributed by atoms with E-state index in [2.05, 4.69) is 15.9 Å². The monoisotopic (exact) mass is 365 g/mol. The van der Waals surface area contributed by atoms with Crippen LogP contribution in [0.4, 0.5) is 5.69 Å². The van der Waals surface area contributed by atoms with Crippen molar-refractivity contribution in [2.24, 2.45) is 0 Å². The van der Waals surface area contributed by atoms with E-state index in [-0.39, 0.29) is 12.2 Å². The first-order chi connectivity index (χ1) is 8.90. The molecule has 1 aliphatic heterocycles. The average molecular weight is 366 g/mol. The Kier molecular flexibility index (Phi) is 4.42. The van der Waals surface area contributed by atoms with Gasteiger partial charge in [0.25, 0.3) is 0 Å². The van der Waals surface area contributed by atoms with Gasteiger partial charge in [0.05, 0.1) is 17.9 Å². The zero-order valence-electron chi connectivity index (χ0n) is 9.87. The van der Waals surface area contributed by atoms with Gasteiger partial charge in [-0.25, -0.2) is 8.42 Å². The third kappa shape index (κ3) is 3.43. The first-order valence-electron chi connectivity index (χ1n) is 5.55. The molecule has 1 N–H and O–H groups in total. The zero-order chi connectivity index (χ0) is 14.0. The van der Waals surface area contributed by atoms with E-state index < -0.39 is 16.0 Å². The van der Waals surface area contributed by atoms with E-state index in [1.165, 1.54) is 4.31 Å². The number of hydrogen-bond acceptors (Lipinski definition) is 4. The average Bonchev–Trinajstić information content (AvgIpc) is 2.35. The minimum absolute atomic E-state index is 0.373. The summed E-state index contributed by atoms with van der Waals surface area (Å²) in [5.74, 6) is -0.816. The lowest BCUT2D eigenvalue weighted by molar-refractivity contribution is -0.136. The number of benzene rings is 1. The number of hydrogen-bond donors (Lipinski definition) is 1. The second-order valence-electron chi connectivity index (χ2n) is 3.99. The molecule has 8 heteroatoms. The fraction of sp³-hybridized carbons (Fsp3) is 0.364. The van der Waals surface area contributed by atoms with Crippen molar-refractivity contribution < 1.29 is 18.3 Å². The third-order valence-corrected chi connectivity index (χ3v) is 5.94. The van der Waals surface area contributed by atoms with E-state index in [1.807, 2.05) is 6.07 Å². The van der Waals surface area contributed by atoms with Crippen LogP contribution in [0.1, 0.15) is 6.42 Å². The summed E-state index contributed by atoms with van der Waals surface area (Å²) in [5, 5.41) is 8.61. The Labute approximate surface area is 124 Å². The summed E-state index contributed by atoms with van der Waals surface area (Å²) in [6.45, 7) is 0.376. The highest BCUT2D eigenvalue weighted by Crippen LogP contribution is 2.38. The molecule has 104 valence electrons. The molecule has 0 amide bonds. The van der Waals surface area contributed by atoms with Gasteiger partial charge in [0.1, 0.15) is 0 Å². The smallest absolute Gasteiger partial charge is 0.304 e. The van der Waals surface area contributed by atoms with E-state index in [0.717, 1.165) is 9.37 Å². The molecule has 0 spiro atoms. The van der Waals surface area contributed by atoms with Crippen LogP contribution in [0.2, 0.25) is 0 Å². The molecule has 1 heterocycles. The normalized spacial score (nSPS) is 15.1. The predicted molar refractivity (Wildman–Crippen MR) is 78.3 cm³/mol. The number of carboxylic acids is 1.